The van der Waals surface area contributed by atoms with E-state index in [2.05, 4.69) is 61.4 Å². The Bertz CT molecular complexity index is 391. The van der Waals surface area contributed by atoms with Crippen LogP contribution in [0.4, 0.5) is 0 Å². The topological polar surface area (TPSA) is 15.3 Å². The summed E-state index contributed by atoms with van der Waals surface area (Å²) in [6.07, 6.45) is 7.88. The van der Waals surface area contributed by atoms with Crippen molar-refractivity contribution in [3.05, 3.63) is 35.9 Å². The summed E-state index contributed by atoms with van der Waals surface area (Å²) >= 11 is 0. The number of nitrogens with zero attached hydrogens (tertiary/aromatic N) is 1. The Morgan fingerprint density at radius 3 is 2.24 bits per heavy atom. The molecule has 1 atom stereocenters. The van der Waals surface area contributed by atoms with E-state index in [9.17, 15) is 0 Å². The number of rotatable bonds is 6. The molecule has 2 rings (SSSR count). The molecule has 0 bridgehead atoms. The van der Waals surface area contributed by atoms with E-state index in [1.807, 2.05) is 0 Å². The van der Waals surface area contributed by atoms with Crippen molar-refractivity contribution in [2.75, 3.05) is 20.1 Å². The summed E-state index contributed by atoms with van der Waals surface area (Å²) in [5.41, 5.74) is 1.68. The van der Waals surface area contributed by atoms with Crippen LogP contribution in [0.15, 0.2) is 30.3 Å². The van der Waals surface area contributed by atoms with Crippen molar-refractivity contribution < 1.29 is 0 Å². The van der Waals surface area contributed by atoms with Gasteiger partial charge in [0.05, 0.1) is 0 Å². The molecule has 118 valence electrons. The second-order valence-corrected chi connectivity index (χ2v) is 6.92. The monoisotopic (exact) mass is 288 g/mol. The number of benzene rings is 1. The molecule has 1 heterocycles. The van der Waals surface area contributed by atoms with Crippen molar-refractivity contribution in [2.24, 2.45) is 0 Å². The summed E-state index contributed by atoms with van der Waals surface area (Å²) in [5, 5.41) is 3.59. The highest BCUT2D eigenvalue weighted by Crippen LogP contribution is 2.25. The molecule has 2 nitrogen and oxygen atoms in total. The van der Waals surface area contributed by atoms with Crippen molar-refractivity contribution in [3.8, 4) is 0 Å². The fourth-order valence-electron chi connectivity index (χ4n) is 3.67. The van der Waals surface area contributed by atoms with Gasteiger partial charge in [0.1, 0.15) is 0 Å². The van der Waals surface area contributed by atoms with Gasteiger partial charge in [-0.1, -0.05) is 43.2 Å². The van der Waals surface area contributed by atoms with Crippen molar-refractivity contribution >= 4 is 0 Å². The van der Waals surface area contributed by atoms with Gasteiger partial charge in [-0.2, -0.15) is 0 Å². The van der Waals surface area contributed by atoms with Crippen LogP contribution in [-0.2, 0) is 6.42 Å². The minimum Gasteiger partial charge on any atom is -0.315 e. The summed E-state index contributed by atoms with van der Waals surface area (Å²) in [7, 11) is 2.12. The Balaban J connectivity index is 1.97. The standard InChI is InChI=1S/C19H32N2/c1-19(2,21-15-9-4-5-10-16-21)18(20-3)14-13-17-11-7-6-8-12-17/h6-8,11-12,18,20H,4-5,9-10,13-16H2,1-3H3. The van der Waals surface area contributed by atoms with Crippen molar-refractivity contribution in [1.29, 1.82) is 0 Å². The normalized spacial score (nSPS) is 19.2. The molecule has 1 aliphatic rings. The molecule has 1 fully saturated rings. The van der Waals surface area contributed by atoms with Gasteiger partial charge in [-0.25, -0.2) is 0 Å². The largest absolute Gasteiger partial charge is 0.315 e. The Kier molecular flexibility index (Phi) is 6.25. The molecule has 1 aromatic rings. The predicted octanol–water partition coefficient (Wildman–Crippen LogP) is 3.86. The summed E-state index contributed by atoms with van der Waals surface area (Å²) in [6, 6.07) is 11.4. The first-order chi connectivity index (χ1) is 10.1. The number of likely N-dealkylation sites (tertiary alicyclic amines) is 1. The van der Waals surface area contributed by atoms with Crippen LogP contribution in [0.25, 0.3) is 0 Å². The average molecular weight is 288 g/mol. The van der Waals surface area contributed by atoms with E-state index in [0.29, 0.717) is 6.04 Å². The molecule has 0 aromatic heterocycles. The Morgan fingerprint density at radius 2 is 1.67 bits per heavy atom. The SMILES string of the molecule is CNC(CCc1ccccc1)C(C)(C)N1CCCCCC1. The second kappa shape index (κ2) is 7.95. The van der Waals surface area contributed by atoms with E-state index in [1.165, 1.54) is 50.8 Å². The highest BCUT2D eigenvalue weighted by Gasteiger charge is 2.34. The molecule has 1 unspecified atom stereocenters. The van der Waals surface area contributed by atoms with Gasteiger partial charge >= 0.3 is 0 Å². The number of likely N-dealkylation sites (N-methyl/N-ethyl adjacent to an activating group) is 1. The van der Waals surface area contributed by atoms with Crippen LogP contribution in [0.5, 0.6) is 0 Å². The minimum absolute atomic E-state index is 0.230. The van der Waals surface area contributed by atoms with Gasteiger partial charge in [0.15, 0.2) is 0 Å². The third-order valence-electron chi connectivity index (χ3n) is 5.19. The van der Waals surface area contributed by atoms with E-state index in [-0.39, 0.29) is 5.54 Å². The van der Waals surface area contributed by atoms with Gasteiger partial charge in [-0.3, -0.25) is 4.90 Å². The number of nitrogens with one attached hydrogen (secondary N) is 1. The lowest BCUT2D eigenvalue weighted by Crippen LogP contribution is -2.57. The zero-order valence-corrected chi connectivity index (χ0v) is 14.1. The second-order valence-electron chi connectivity index (χ2n) is 6.92. The molecule has 2 heteroatoms. The predicted molar refractivity (Wildman–Crippen MR) is 91.7 cm³/mol. The smallest absolute Gasteiger partial charge is 0.0306 e. The number of aryl methyl sites for hydroxylation is 1. The molecule has 1 saturated heterocycles. The lowest BCUT2D eigenvalue weighted by atomic mass is 9.87. The molecule has 21 heavy (non-hydrogen) atoms. The highest BCUT2D eigenvalue weighted by molar-refractivity contribution is 5.15. The zero-order chi connectivity index (χ0) is 15.1. The van der Waals surface area contributed by atoms with Crippen LogP contribution >= 0.6 is 0 Å². The lowest BCUT2D eigenvalue weighted by molar-refractivity contribution is 0.0832. The Hall–Kier alpha value is -0.860. The van der Waals surface area contributed by atoms with Crippen molar-refractivity contribution in [2.45, 2.75) is 64.0 Å². The molecular formula is C19H32N2. The van der Waals surface area contributed by atoms with Gasteiger partial charge in [-0.05, 0) is 65.2 Å². The van der Waals surface area contributed by atoms with Crippen LogP contribution < -0.4 is 5.32 Å². The van der Waals surface area contributed by atoms with E-state index in [4.69, 9.17) is 0 Å². The molecule has 0 radical (unpaired) electrons. The lowest BCUT2D eigenvalue weighted by Gasteiger charge is -2.44. The van der Waals surface area contributed by atoms with Crippen molar-refractivity contribution in [3.63, 3.8) is 0 Å². The zero-order valence-electron chi connectivity index (χ0n) is 14.1. The third kappa shape index (κ3) is 4.55. The van der Waals surface area contributed by atoms with Crippen molar-refractivity contribution in [1.82, 2.24) is 10.2 Å². The van der Waals surface area contributed by atoms with Gasteiger partial charge in [0, 0.05) is 11.6 Å². The van der Waals surface area contributed by atoms with Crippen LogP contribution in [-0.4, -0.2) is 36.6 Å². The fourth-order valence-corrected chi connectivity index (χ4v) is 3.67. The minimum atomic E-state index is 0.230. The summed E-state index contributed by atoms with van der Waals surface area (Å²) in [4.78, 5) is 2.71. The third-order valence-corrected chi connectivity index (χ3v) is 5.19. The maximum atomic E-state index is 3.59. The fraction of sp³-hybridized carbons (Fsp3) is 0.684. The molecular weight excluding hydrogens is 256 g/mol. The van der Waals surface area contributed by atoms with Gasteiger partial charge in [0.25, 0.3) is 0 Å². The van der Waals surface area contributed by atoms with Crippen LogP contribution in [0.3, 0.4) is 0 Å². The number of hydrogen-bond donors (Lipinski definition) is 1. The molecule has 1 aromatic carbocycles. The van der Waals surface area contributed by atoms with Crippen LogP contribution in [0.1, 0.15) is 51.5 Å². The molecule has 0 aliphatic carbocycles. The Morgan fingerprint density at radius 1 is 1.05 bits per heavy atom. The molecule has 0 spiro atoms. The van der Waals surface area contributed by atoms with Crippen LogP contribution in [0.2, 0.25) is 0 Å². The van der Waals surface area contributed by atoms with Gasteiger partial charge in [-0.15, -0.1) is 0 Å². The summed E-state index contributed by atoms with van der Waals surface area (Å²) in [5.74, 6) is 0. The van der Waals surface area contributed by atoms with Crippen LogP contribution in [0, 0.1) is 0 Å². The summed E-state index contributed by atoms with van der Waals surface area (Å²) < 4.78 is 0. The molecule has 0 amide bonds. The molecule has 0 saturated carbocycles. The maximum absolute atomic E-state index is 3.59. The Labute approximate surface area is 130 Å². The van der Waals surface area contributed by atoms with Gasteiger partial charge in [0.2, 0.25) is 0 Å². The van der Waals surface area contributed by atoms with E-state index in [0.717, 1.165) is 6.42 Å². The molecule has 1 aliphatic heterocycles. The van der Waals surface area contributed by atoms with Gasteiger partial charge < -0.3 is 5.32 Å². The first kappa shape index (κ1) is 16.5. The first-order valence-electron chi connectivity index (χ1n) is 8.61. The van der Waals surface area contributed by atoms with E-state index >= 15 is 0 Å². The maximum Gasteiger partial charge on any atom is 0.0306 e. The highest BCUT2D eigenvalue weighted by atomic mass is 15.2. The van der Waals surface area contributed by atoms with E-state index in [1.54, 1.807) is 0 Å². The average Bonchev–Trinajstić information content (AvgIpc) is 2.78. The van der Waals surface area contributed by atoms with E-state index < -0.39 is 0 Å². The number of hydrogen-bond acceptors (Lipinski definition) is 2. The summed E-state index contributed by atoms with van der Waals surface area (Å²) in [6.45, 7) is 7.36. The quantitative estimate of drug-likeness (QED) is 0.855. The first-order valence-corrected chi connectivity index (χ1v) is 8.61. The molecule has 1 N–H and O–H groups in total.